The predicted molar refractivity (Wildman–Crippen MR) is 128 cm³/mol. The molecular formula is C25H25N3O5S. The van der Waals surface area contributed by atoms with Gasteiger partial charge in [0.05, 0.1) is 9.82 Å². The lowest BCUT2D eigenvalue weighted by Gasteiger charge is -2.16. The van der Waals surface area contributed by atoms with Crippen molar-refractivity contribution < 1.29 is 18.1 Å². The molecule has 4 rings (SSSR count). The lowest BCUT2D eigenvalue weighted by atomic mass is 9.98. The lowest BCUT2D eigenvalue weighted by Crippen LogP contribution is -2.24. The maximum absolute atomic E-state index is 12.9. The van der Waals surface area contributed by atoms with Gasteiger partial charge in [0, 0.05) is 38.2 Å². The van der Waals surface area contributed by atoms with E-state index in [1.54, 1.807) is 6.92 Å². The molecule has 176 valence electrons. The third kappa shape index (κ3) is 5.16. The number of amides is 1. The fourth-order valence-electron chi connectivity index (χ4n) is 4.08. The first-order valence-corrected chi connectivity index (χ1v) is 12.4. The zero-order chi connectivity index (χ0) is 24.3. The van der Waals surface area contributed by atoms with Gasteiger partial charge in [-0.2, -0.15) is 0 Å². The van der Waals surface area contributed by atoms with Gasteiger partial charge in [0.1, 0.15) is 0 Å². The summed E-state index contributed by atoms with van der Waals surface area (Å²) in [5, 5.41) is 11.1. The van der Waals surface area contributed by atoms with Crippen LogP contribution in [0.5, 0.6) is 0 Å². The van der Waals surface area contributed by atoms with Crippen LogP contribution < -0.4 is 4.72 Å². The Labute approximate surface area is 198 Å². The molecule has 0 unspecified atom stereocenters. The highest BCUT2D eigenvalue weighted by molar-refractivity contribution is 7.89. The van der Waals surface area contributed by atoms with Crippen LogP contribution in [0.15, 0.2) is 71.6 Å². The Morgan fingerprint density at radius 1 is 1.06 bits per heavy atom. The molecule has 1 fully saturated rings. The Balaban J connectivity index is 1.52. The van der Waals surface area contributed by atoms with Gasteiger partial charge < -0.3 is 4.90 Å². The Morgan fingerprint density at radius 2 is 1.79 bits per heavy atom. The second-order valence-corrected chi connectivity index (χ2v) is 10.0. The summed E-state index contributed by atoms with van der Waals surface area (Å²) in [7, 11) is -3.96. The fraction of sp³-hybridized carbons (Fsp3) is 0.240. The number of carbonyl (C=O) groups excluding carboxylic acids is 1. The number of nitrogens with one attached hydrogen (secondary N) is 1. The van der Waals surface area contributed by atoms with Crippen LogP contribution in [0.4, 0.5) is 5.69 Å². The van der Waals surface area contributed by atoms with Crippen molar-refractivity contribution in [3.8, 4) is 11.1 Å². The van der Waals surface area contributed by atoms with Crippen molar-refractivity contribution in [1.29, 1.82) is 0 Å². The fourth-order valence-corrected chi connectivity index (χ4v) is 5.35. The second-order valence-electron chi connectivity index (χ2n) is 8.30. The summed E-state index contributed by atoms with van der Waals surface area (Å²) in [4.78, 5) is 24.1. The van der Waals surface area contributed by atoms with E-state index in [2.05, 4.69) is 4.72 Å². The summed E-state index contributed by atoms with van der Waals surface area (Å²) < 4.78 is 28.4. The van der Waals surface area contributed by atoms with Gasteiger partial charge in [-0.25, -0.2) is 13.1 Å². The smallest absolute Gasteiger partial charge is 0.270 e. The van der Waals surface area contributed by atoms with E-state index < -0.39 is 14.9 Å². The van der Waals surface area contributed by atoms with Crippen molar-refractivity contribution in [3.05, 3.63) is 93.5 Å². The van der Waals surface area contributed by atoms with E-state index in [1.807, 2.05) is 53.4 Å². The number of hydrogen-bond donors (Lipinski definition) is 1. The Kier molecular flexibility index (Phi) is 6.76. The molecule has 3 aromatic carbocycles. The Bertz CT molecular complexity index is 1340. The van der Waals surface area contributed by atoms with Crippen molar-refractivity contribution in [1.82, 2.24) is 9.62 Å². The maximum Gasteiger partial charge on any atom is 0.270 e. The summed E-state index contributed by atoms with van der Waals surface area (Å²) in [5.41, 5.74) is 3.78. The number of likely N-dealkylation sites (tertiary alicyclic amines) is 1. The monoisotopic (exact) mass is 479 g/mol. The molecule has 3 aromatic rings. The van der Waals surface area contributed by atoms with Crippen molar-refractivity contribution in [2.75, 3.05) is 6.54 Å². The zero-order valence-corrected chi connectivity index (χ0v) is 19.5. The average molecular weight is 480 g/mol. The molecule has 1 N–H and O–H groups in total. The van der Waals surface area contributed by atoms with E-state index in [4.69, 9.17) is 0 Å². The highest BCUT2D eigenvalue weighted by Gasteiger charge is 2.22. The van der Waals surface area contributed by atoms with E-state index >= 15 is 0 Å². The number of non-ortho nitro benzene ring substituents is 1. The third-order valence-corrected chi connectivity index (χ3v) is 7.50. The first-order valence-electron chi connectivity index (χ1n) is 10.9. The number of carbonyl (C=O) groups is 1. The van der Waals surface area contributed by atoms with Crippen LogP contribution in [0.25, 0.3) is 11.1 Å². The molecule has 0 atom stereocenters. The van der Waals surface area contributed by atoms with Crippen LogP contribution in [-0.4, -0.2) is 30.7 Å². The number of sulfonamides is 1. The van der Waals surface area contributed by atoms with Crippen LogP contribution in [0.2, 0.25) is 0 Å². The number of aryl methyl sites for hydroxylation is 1. The van der Waals surface area contributed by atoms with Gasteiger partial charge in [-0.1, -0.05) is 54.6 Å². The van der Waals surface area contributed by atoms with E-state index in [-0.39, 0.29) is 23.0 Å². The third-order valence-electron chi connectivity index (χ3n) is 5.95. The number of nitro benzene ring substituents is 1. The quantitative estimate of drug-likeness (QED) is 0.385. The maximum atomic E-state index is 12.9. The predicted octanol–water partition coefficient (Wildman–Crippen LogP) is 4.17. The topological polar surface area (TPSA) is 110 Å². The van der Waals surface area contributed by atoms with E-state index in [0.717, 1.165) is 41.3 Å². The summed E-state index contributed by atoms with van der Waals surface area (Å²) >= 11 is 0. The van der Waals surface area contributed by atoms with Crippen molar-refractivity contribution >= 4 is 21.6 Å². The summed E-state index contributed by atoms with van der Waals surface area (Å²) in [6.07, 6.45) is 1.51. The van der Waals surface area contributed by atoms with Gasteiger partial charge in [0.25, 0.3) is 5.69 Å². The first kappa shape index (κ1) is 23.6. The lowest BCUT2D eigenvalue weighted by molar-refractivity contribution is -0.385. The van der Waals surface area contributed by atoms with Crippen LogP contribution >= 0.6 is 0 Å². The summed E-state index contributed by atoms with van der Waals surface area (Å²) in [5.74, 6) is 0.181. The second kappa shape index (κ2) is 9.74. The highest BCUT2D eigenvalue weighted by atomic mass is 32.2. The Morgan fingerprint density at radius 3 is 2.47 bits per heavy atom. The summed E-state index contributed by atoms with van der Waals surface area (Å²) in [6.45, 7) is 3.00. The van der Waals surface area contributed by atoms with Gasteiger partial charge in [-0.15, -0.1) is 0 Å². The molecular weight excluding hydrogens is 454 g/mol. The number of rotatable bonds is 8. The molecule has 1 heterocycles. The molecule has 1 saturated heterocycles. The molecule has 0 radical (unpaired) electrons. The van der Waals surface area contributed by atoms with Crippen LogP contribution in [0, 0.1) is 17.0 Å². The molecule has 8 nitrogen and oxygen atoms in total. The molecule has 34 heavy (non-hydrogen) atoms. The van der Waals surface area contributed by atoms with Gasteiger partial charge >= 0.3 is 0 Å². The minimum atomic E-state index is -3.96. The molecule has 1 aliphatic heterocycles. The van der Waals surface area contributed by atoms with Crippen molar-refractivity contribution in [2.24, 2.45) is 0 Å². The van der Waals surface area contributed by atoms with Crippen LogP contribution in [-0.2, 0) is 27.9 Å². The zero-order valence-electron chi connectivity index (χ0n) is 18.7. The standard InChI is InChI=1S/C25H25N3O5S/c1-18-8-13-22(28(30)31)15-24(18)34(32,33)26-16-21-5-2-3-6-23(21)20-11-9-19(10-12-20)17-27-14-4-7-25(27)29/h2-3,5-6,8-13,15,26H,4,7,14,16-17H2,1H3. The Hall–Kier alpha value is -3.56. The number of nitrogens with zero attached hydrogens (tertiary/aromatic N) is 2. The molecule has 9 heteroatoms. The molecule has 0 saturated carbocycles. The molecule has 0 spiro atoms. The largest absolute Gasteiger partial charge is 0.338 e. The van der Waals surface area contributed by atoms with E-state index in [0.29, 0.717) is 18.5 Å². The average Bonchev–Trinajstić information content (AvgIpc) is 3.22. The minimum absolute atomic E-state index is 0.0324. The highest BCUT2D eigenvalue weighted by Crippen LogP contribution is 2.26. The van der Waals surface area contributed by atoms with Gasteiger partial charge in [-0.3, -0.25) is 14.9 Å². The number of benzene rings is 3. The van der Waals surface area contributed by atoms with Crippen LogP contribution in [0.3, 0.4) is 0 Å². The summed E-state index contributed by atoms with van der Waals surface area (Å²) in [6, 6.07) is 19.2. The van der Waals surface area contributed by atoms with E-state index in [9.17, 15) is 23.3 Å². The minimum Gasteiger partial charge on any atom is -0.338 e. The first-order chi connectivity index (χ1) is 16.2. The molecule has 1 amide bonds. The van der Waals surface area contributed by atoms with Gasteiger partial charge in [0.2, 0.25) is 15.9 Å². The van der Waals surface area contributed by atoms with E-state index in [1.165, 1.54) is 12.1 Å². The van der Waals surface area contributed by atoms with Gasteiger partial charge in [0.15, 0.2) is 0 Å². The number of hydrogen-bond acceptors (Lipinski definition) is 5. The molecule has 0 bridgehead atoms. The normalized spacial score (nSPS) is 13.9. The molecule has 0 aromatic heterocycles. The van der Waals surface area contributed by atoms with Crippen molar-refractivity contribution in [3.63, 3.8) is 0 Å². The molecule has 1 aliphatic rings. The van der Waals surface area contributed by atoms with Gasteiger partial charge in [-0.05, 0) is 41.2 Å². The SMILES string of the molecule is Cc1ccc([N+](=O)[O-])cc1S(=O)(=O)NCc1ccccc1-c1ccc(CN2CCCC2=O)cc1. The van der Waals surface area contributed by atoms with Crippen LogP contribution in [0.1, 0.15) is 29.5 Å². The number of nitro groups is 1. The molecule has 0 aliphatic carbocycles. The van der Waals surface area contributed by atoms with Crippen molar-refractivity contribution in [2.45, 2.75) is 37.8 Å².